The lowest BCUT2D eigenvalue weighted by Gasteiger charge is -2.06. The van der Waals surface area contributed by atoms with Gasteiger partial charge in [0.15, 0.2) is 0 Å². The van der Waals surface area contributed by atoms with E-state index in [2.05, 4.69) is 0 Å². The van der Waals surface area contributed by atoms with E-state index in [4.69, 9.17) is 4.74 Å². The lowest BCUT2D eigenvalue weighted by Crippen LogP contribution is -1.89. The van der Waals surface area contributed by atoms with Crippen LogP contribution < -0.4 is 4.74 Å². The molecule has 0 atom stereocenters. The van der Waals surface area contributed by atoms with Gasteiger partial charge in [-0.05, 0) is 18.6 Å². The van der Waals surface area contributed by atoms with Gasteiger partial charge < -0.3 is 9.84 Å². The number of rotatable bonds is 2. The molecule has 1 rings (SSSR count). The summed E-state index contributed by atoms with van der Waals surface area (Å²) in [5.41, 5.74) is 0.870. The monoisotopic (exact) mass is 152 g/mol. The molecule has 60 valence electrons. The first-order valence-corrected chi connectivity index (χ1v) is 3.64. The fraction of sp³-hybridized carbons (Fsp3) is 0.333. The van der Waals surface area contributed by atoms with Gasteiger partial charge in [-0.3, -0.25) is 0 Å². The molecule has 1 aromatic carbocycles. The van der Waals surface area contributed by atoms with Crippen LogP contribution >= 0.6 is 0 Å². The van der Waals surface area contributed by atoms with Crippen LogP contribution in [0, 0.1) is 0 Å². The normalized spacial score (nSPS) is 9.64. The van der Waals surface area contributed by atoms with Crippen molar-refractivity contribution in [2.24, 2.45) is 0 Å². The molecule has 0 aromatic heterocycles. The summed E-state index contributed by atoms with van der Waals surface area (Å²) in [5.74, 6) is 1.07. The maximum absolute atomic E-state index is 9.34. The average molecular weight is 152 g/mol. The molecule has 0 aliphatic heterocycles. The zero-order valence-electron chi connectivity index (χ0n) is 6.79. The lowest BCUT2D eigenvalue weighted by molar-refractivity contribution is 0.400. The molecule has 0 unspecified atom stereocenters. The summed E-state index contributed by atoms with van der Waals surface area (Å²) in [5, 5.41) is 9.34. The number of ether oxygens (including phenoxy) is 1. The van der Waals surface area contributed by atoms with Gasteiger partial charge in [-0.15, -0.1) is 0 Å². The minimum atomic E-state index is 0.312. The minimum Gasteiger partial charge on any atom is -0.508 e. The van der Waals surface area contributed by atoms with Crippen LogP contribution in [0.1, 0.15) is 12.5 Å². The van der Waals surface area contributed by atoms with Crippen molar-refractivity contribution in [2.75, 3.05) is 7.11 Å². The Morgan fingerprint density at radius 2 is 2.18 bits per heavy atom. The molecule has 1 aromatic rings. The number of benzene rings is 1. The maximum atomic E-state index is 9.34. The summed E-state index contributed by atoms with van der Waals surface area (Å²) in [6, 6.07) is 5.28. The van der Waals surface area contributed by atoms with Crippen LogP contribution in [0.15, 0.2) is 18.2 Å². The Bertz CT molecular complexity index is 243. The predicted octanol–water partition coefficient (Wildman–Crippen LogP) is 1.96. The summed E-state index contributed by atoms with van der Waals surface area (Å²) in [7, 11) is 1.61. The van der Waals surface area contributed by atoms with Crippen LogP contribution in [-0.4, -0.2) is 12.2 Å². The predicted molar refractivity (Wildman–Crippen MR) is 44.0 cm³/mol. The van der Waals surface area contributed by atoms with E-state index in [-0.39, 0.29) is 0 Å². The van der Waals surface area contributed by atoms with Gasteiger partial charge in [-0.2, -0.15) is 0 Å². The van der Waals surface area contributed by atoms with E-state index in [9.17, 15) is 5.11 Å². The zero-order chi connectivity index (χ0) is 8.27. The van der Waals surface area contributed by atoms with E-state index in [0.29, 0.717) is 5.75 Å². The van der Waals surface area contributed by atoms with E-state index in [0.717, 1.165) is 17.7 Å². The number of hydrogen-bond donors (Lipinski definition) is 1. The quantitative estimate of drug-likeness (QED) is 0.702. The Labute approximate surface area is 66.4 Å². The second-order valence-electron chi connectivity index (χ2n) is 2.31. The van der Waals surface area contributed by atoms with E-state index in [1.54, 1.807) is 19.2 Å². The average Bonchev–Trinajstić information content (AvgIpc) is 2.04. The van der Waals surface area contributed by atoms with Gasteiger partial charge in [-0.1, -0.05) is 13.0 Å². The SMILES string of the molecule is CCc1c(O)cccc1OC. The van der Waals surface area contributed by atoms with Gasteiger partial charge in [0.25, 0.3) is 0 Å². The first-order valence-electron chi connectivity index (χ1n) is 3.64. The van der Waals surface area contributed by atoms with Crippen molar-refractivity contribution in [3.8, 4) is 11.5 Å². The Kier molecular flexibility index (Phi) is 2.36. The summed E-state index contributed by atoms with van der Waals surface area (Å²) in [4.78, 5) is 0. The van der Waals surface area contributed by atoms with Crippen molar-refractivity contribution in [2.45, 2.75) is 13.3 Å². The van der Waals surface area contributed by atoms with Gasteiger partial charge in [0.2, 0.25) is 0 Å². The summed E-state index contributed by atoms with van der Waals surface area (Å²) < 4.78 is 5.06. The van der Waals surface area contributed by atoms with Crippen LogP contribution in [0.5, 0.6) is 11.5 Å². The van der Waals surface area contributed by atoms with Gasteiger partial charge in [0, 0.05) is 5.56 Å². The van der Waals surface area contributed by atoms with Crippen molar-refractivity contribution in [3.63, 3.8) is 0 Å². The molecule has 2 heteroatoms. The van der Waals surface area contributed by atoms with Gasteiger partial charge in [0.1, 0.15) is 11.5 Å². The summed E-state index contributed by atoms with van der Waals surface area (Å²) in [6.07, 6.45) is 0.788. The molecule has 0 saturated heterocycles. The van der Waals surface area contributed by atoms with Crippen LogP contribution in [-0.2, 0) is 6.42 Å². The third-order valence-corrected chi connectivity index (χ3v) is 1.68. The highest BCUT2D eigenvalue weighted by molar-refractivity contribution is 5.43. The molecule has 0 heterocycles. The standard InChI is InChI=1S/C9H12O2/c1-3-7-8(10)5-4-6-9(7)11-2/h4-6,10H,3H2,1-2H3. The second-order valence-corrected chi connectivity index (χ2v) is 2.31. The fourth-order valence-electron chi connectivity index (χ4n) is 1.10. The molecule has 0 radical (unpaired) electrons. The largest absolute Gasteiger partial charge is 0.508 e. The minimum absolute atomic E-state index is 0.312. The molecule has 0 bridgehead atoms. The summed E-state index contributed by atoms with van der Waals surface area (Å²) >= 11 is 0. The molecular formula is C9H12O2. The second kappa shape index (κ2) is 3.28. The highest BCUT2D eigenvalue weighted by Gasteiger charge is 2.03. The highest BCUT2D eigenvalue weighted by Crippen LogP contribution is 2.26. The number of phenolic OH excluding ortho intramolecular Hbond substituents is 1. The van der Waals surface area contributed by atoms with Crippen molar-refractivity contribution >= 4 is 0 Å². The first-order chi connectivity index (χ1) is 5.29. The fourth-order valence-corrected chi connectivity index (χ4v) is 1.10. The Morgan fingerprint density at radius 1 is 1.45 bits per heavy atom. The number of aromatic hydroxyl groups is 1. The topological polar surface area (TPSA) is 29.5 Å². The van der Waals surface area contributed by atoms with Crippen molar-refractivity contribution in [3.05, 3.63) is 23.8 Å². The van der Waals surface area contributed by atoms with Crippen molar-refractivity contribution in [1.29, 1.82) is 0 Å². The van der Waals surface area contributed by atoms with E-state index in [1.165, 1.54) is 0 Å². The third-order valence-electron chi connectivity index (χ3n) is 1.68. The molecule has 0 aliphatic carbocycles. The van der Waals surface area contributed by atoms with E-state index >= 15 is 0 Å². The molecule has 0 amide bonds. The van der Waals surface area contributed by atoms with Crippen molar-refractivity contribution in [1.82, 2.24) is 0 Å². The number of phenols is 1. The van der Waals surface area contributed by atoms with Gasteiger partial charge in [-0.25, -0.2) is 0 Å². The number of hydrogen-bond acceptors (Lipinski definition) is 2. The van der Waals surface area contributed by atoms with Crippen LogP contribution in [0.25, 0.3) is 0 Å². The van der Waals surface area contributed by atoms with E-state index in [1.807, 2.05) is 13.0 Å². The maximum Gasteiger partial charge on any atom is 0.125 e. The zero-order valence-corrected chi connectivity index (χ0v) is 6.79. The van der Waals surface area contributed by atoms with Crippen molar-refractivity contribution < 1.29 is 9.84 Å². The lowest BCUT2D eigenvalue weighted by atomic mass is 10.1. The number of methoxy groups -OCH3 is 1. The van der Waals surface area contributed by atoms with Gasteiger partial charge in [0.05, 0.1) is 7.11 Å². The molecule has 1 N–H and O–H groups in total. The van der Waals surface area contributed by atoms with Crippen LogP contribution in [0.2, 0.25) is 0 Å². The first kappa shape index (κ1) is 7.92. The highest BCUT2D eigenvalue weighted by atomic mass is 16.5. The Hall–Kier alpha value is -1.18. The molecule has 0 spiro atoms. The van der Waals surface area contributed by atoms with Crippen LogP contribution in [0.3, 0.4) is 0 Å². The summed E-state index contributed by atoms with van der Waals surface area (Å²) in [6.45, 7) is 1.98. The molecule has 0 saturated carbocycles. The van der Waals surface area contributed by atoms with Gasteiger partial charge >= 0.3 is 0 Å². The Morgan fingerprint density at radius 3 is 2.64 bits per heavy atom. The molecule has 11 heavy (non-hydrogen) atoms. The Balaban J connectivity index is 3.13. The van der Waals surface area contributed by atoms with Crippen LogP contribution in [0.4, 0.5) is 0 Å². The molecule has 0 aliphatic rings. The third kappa shape index (κ3) is 1.45. The molecule has 0 fully saturated rings. The smallest absolute Gasteiger partial charge is 0.125 e. The van der Waals surface area contributed by atoms with E-state index < -0.39 is 0 Å². The molecule has 2 nitrogen and oxygen atoms in total. The molecular weight excluding hydrogens is 140 g/mol.